The number of fused-ring (bicyclic) bond motifs is 1. The van der Waals surface area contributed by atoms with Crippen molar-refractivity contribution in [1.82, 2.24) is 0 Å². The maximum Gasteiger partial charge on any atom is 0.337 e. The van der Waals surface area contributed by atoms with Gasteiger partial charge in [-0.05, 0) is 37.6 Å². The van der Waals surface area contributed by atoms with E-state index in [0.29, 0.717) is 48.8 Å². The fraction of sp³-hybridized carbons (Fsp3) is 0.304. The van der Waals surface area contributed by atoms with E-state index in [2.05, 4.69) is 5.32 Å². The van der Waals surface area contributed by atoms with Gasteiger partial charge in [0.15, 0.2) is 11.3 Å². The molecule has 7 nitrogen and oxygen atoms in total. The van der Waals surface area contributed by atoms with Crippen molar-refractivity contribution in [2.24, 2.45) is 0 Å². The molecular formula is C23H24N2O5. The molecule has 1 aliphatic rings. The van der Waals surface area contributed by atoms with Gasteiger partial charge in [0.05, 0.1) is 30.2 Å². The van der Waals surface area contributed by atoms with E-state index in [1.54, 1.807) is 24.3 Å². The summed E-state index contributed by atoms with van der Waals surface area (Å²) >= 11 is 0. The number of nitrogens with zero attached hydrogens (tertiary/aromatic N) is 1. The van der Waals surface area contributed by atoms with Crippen LogP contribution in [-0.2, 0) is 4.74 Å². The quantitative estimate of drug-likeness (QED) is 0.663. The van der Waals surface area contributed by atoms with E-state index in [9.17, 15) is 14.7 Å². The van der Waals surface area contributed by atoms with Crippen molar-refractivity contribution < 1.29 is 19.1 Å². The zero-order valence-electron chi connectivity index (χ0n) is 17.0. The first-order chi connectivity index (χ1) is 14.4. The molecule has 2 aromatic carbocycles. The second-order valence-corrected chi connectivity index (χ2v) is 7.50. The Balaban J connectivity index is 1.78. The minimum absolute atomic E-state index is 0.0965. The van der Waals surface area contributed by atoms with E-state index in [-0.39, 0.29) is 17.0 Å². The summed E-state index contributed by atoms with van der Waals surface area (Å²) in [6.45, 7) is 6.36. The average molecular weight is 408 g/mol. The Morgan fingerprint density at radius 1 is 1.17 bits per heavy atom. The van der Waals surface area contributed by atoms with Crippen molar-refractivity contribution in [2.75, 3.05) is 36.5 Å². The number of para-hydroxylation sites is 1. The summed E-state index contributed by atoms with van der Waals surface area (Å²) in [5, 5.41) is 13.3. The largest absolute Gasteiger partial charge is 0.478 e. The summed E-state index contributed by atoms with van der Waals surface area (Å²) in [6.07, 6.45) is 0. The number of carbonyl (C=O) groups is 1. The SMILES string of the molecule is Cc1cc([C@@H](C)Nc2ccccc2C(=O)O)c2oc(N3CCOCC3)cc(=O)c2c1. The normalized spacial score (nSPS) is 15.2. The van der Waals surface area contributed by atoms with Crippen LogP contribution in [0, 0.1) is 6.92 Å². The third-order valence-electron chi connectivity index (χ3n) is 5.31. The highest BCUT2D eigenvalue weighted by atomic mass is 16.5. The molecule has 0 amide bonds. The Morgan fingerprint density at radius 2 is 1.90 bits per heavy atom. The van der Waals surface area contributed by atoms with Gasteiger partial charge in [-0.2, -0.15) is 0 Å². The first-order valence-electron chi connectivity index (χ1n) is 9.94. The number of morpholine rings is 1. The maximum atomic E-state index is 12.9. The Kier molecular flexibility index (Phi) is 5.46. The van der Waals surface area contributed by atoms with Crippen LogP contribution in [0.3, 0.4) is 0 Å². The predicted octanol–water partition coefficient (Wildman–Crippen LogP) is 3.81. The second-order valence-electron chi connectivity index (χ2n) is 7.50. The summed E-state index contributed by atoms with van der Waals surface area (Å²) in [5.41, 5.74) is 2.86. The molecule has 2 N–H and O–H groups in total. The molecular weight excluding hydrogens is 384 g/mol. The topological polar surface area (TPSA) is 92.0 Å². The van der Waals surface area contributed by atoms with Crippen molar-refractivity contribution >= 4 is 28.5 Å². The fourth-order valence-electron chi connectivity index (χ4n) is 3.79. The number of benzene rings is 2. The van der Waals surface area contributed by atoms with Crippen LogP contribution in [-0.4, -0.2) is 37.4 Å². The molecule has 0 radical (unpaired) electrons. The van der Waals surface area contributed by atoms with Gasteiger partial charge in [0.2, 0.25) is 0 Å². The fourth-order valence-corrected chi connectivity index (χ4v) is 3.79. The molecule has 0 unspecified atom stereocenters. The van der Waals surface area contributed by atoms with Gasteiger partial charge in [-0.3, -0.25) is 4.79 Å². The van der Waals surface area contributed by atoms with Crippen LogP contribution in [0.1, 0.15) is 34.5 Å². The van der Waals surface area contributed by atoms with E-state index < -0.39 is 5.97 Å². The van der Waals surface area contributed by atoms with Gasteiger partial charge < -0.3 is 24.5 Å². The van der Waals surface area contributed by atoms with Crippen molar-refractivity contribution in [3.05, 3.63) is 69.4 Å². The number of hydrogen-bond donors (Lipinski definition) is 2. The molecule has 0 aliphatic carbocycles. The van der Waals surface area contributed by atoms with Crippen LogP contribution in [0.15, 0.2) is 51.7 Å². The lowest BCUT2D eigenvalue weighted by Gasteiger charge is -2.27. The molecule has 1 atom stereocenters. The summed E-state index contributed by atoms with van der Waals surface area (Å²) in [5.74, 6) is -0.473. The van der Waals surface area contributed by atoms with E-state index >= 15 is 0 Å². The molecule has 0 bridgehead atoms. The first-order valence-corrected chi connectivity index (χ1v) is 9.94. The van der Waals surface area contributed by atoms with E-state index in [1.807, 2.05) is 30.9 Å². The van der Waals surface area contributed by atoms with E-state index in [0.717, 1.165) is 11.1 Å². The number of carboxylic acids is 1. The van der Waals surface area contributed by atoms with Gasteiger partial charge in [-0.1, -0.05) is 18.2 Å². The maximum absolute atomic E-state index is 12.9. The molecule has 30 heavy (non-hydrogen) atoms. The van der Waals surface area contributed by atoms with Crippen LogP contribution in [0.5, 0.6) is 0 Å². The monoisotopic (exact) mass is 408 g/mol. The van der Waals surface area contributed by atoms with Gasteiger partial charge in [-0.15, -0.1) is 0 Å². The Morgan fingerprint density at radius 3 is 2.63 bits per heavy atom. The average Bonchev–Trinajstić information content (AvgIpc) is 2.74. The molecule has 0 spiro atoms. The molecule has 4 rings (SSSR count). The predicted molar refractivity (Wildman–Crippen MR) is 116 cm³/mol. The molecule has 156 valence electrons. The van der Waals surface area contributed by atoms with Crippen LogP contribution >= 0.6 is 0 Å². The number of aryl methyl sites for hydroxylation is 1. The lowest BCUT2D eigenvalue weighted by molar-refractivity contribution is 0.0698. The number of hydrogen-bond acceptors (Lipinski definition) is 6. The summed E-state index contributed by atoms with van der Waals surface area (Å²) in [7, 11) is 0. The molecule has 2 heterocycles. The van der Waals surface area contributed by atoms with Crippen molar-refractivity contribution in [1.29, 1.82) is 0 Å². The van der Waals surface area contributed by atoms with Crippen LogP contribution in [0.25, 0.3) is 11.0 Å². The number of rotatable bonds is 5. The van der Waals surface area contributed by atoms with Crippen molar-refractivity contribution in [3.8, 4) is 0 Å². The third-order valence-corrected chi connectivity index (χ3v) is 5.31. The van der Waals surface area contributed by atoms with E-state index in [4.69, 9.17) is 9.15 Å². The van der Waals surface area contributed by atoms with Gasteiger partial charge in [0.1, 0.15) is 5.58 Å². The number of nitrogens with one attached hydrogen (secondary N) is 1. The Bertz CT molecular complexity index is 1150. The van der Waals surface area contributed by atoms with Crippen molar-refractivity contribution in [3.63, 3.8) is 0 Å². The number of aromatic carboxylic acids is 1. The summed E-state index contributed by atoms with van der Waals surface area (Å²) in [4.78, 5) is 26.4. The molecule has 1 aromatic heterocycles. The lowest BCUT2D eigenvalue weighted by atomic mass is 10.0. The summed E-state index contributed by atoms with van der Waals surface area (Å²) in [6, 6.07) is 11.8. The van der Waals surface area contributed by atoms with E-state index in [1.165, 1.54) is 6.07 Å². The first kappa shape index (κ1) is 20.0. The number of ether oxygens (including phenoxy) is 1. The minimum Gasteiger partial charge on any atom is -0.478 e. The van der Waals surface area contributed by atoms with Gasteiger partial charge in [0.25, 0.3) is 0 Å². The van der Waals surface area contributed by atoms with Crippen molar-refractivity contribution in [2.45, 2.75) is 19.9 Å². The molecule has 1 saturated heterocycles. The molecule has 0 saturated carbocycles. The highest BCUT2D eigenvalue weighted by Gasteiger charge is 2.20. The van der Waals surface area contributed by atoms with Crippen LogP contribution in [0.2, 0.25) is 0 Å². The standard InChI is InChI=1S/C23H24N2O5/c1-14-11-17(15(2)24-19-6-4-3-5-16(19)23(27)28)22-18(12-14)20(26)13-21(30-22)25-7-9-29-10-8-25/h3-6,11-13,15,24H,7-10H2,1-2H3,(H,27,28)/t15-/m1/s1. The smallest absolute Gasteiger partial charge is 0.337 e. The molecule has 1 aliphatic heterocycles. The molecule has 3 aromatic rings. The lowest BCUT2D eigenvalue weighted by Crippen LogP contribution is -2.36. The minimum atomic E-state index is -1.000. The molecule has 1 fully saturated rings. The third kappa shape index (κ3) is 3.89. The van der Waals surface area contributed by atoms with Gasteiger partial charge >= 0.3 is 5.97 Å². The number of carboxylic acid groups (broad SMARTS) is 1. The Hall–Kier alpha value is -3.32. The van der Waals surface area contributed by atoms with Gasteiger partial charge in [0, 0.05) is 30.4 Å². The number of anilines is 2. The Labute approximate surface area is 173 Å². The van der Waals surface area contributed by atoms with Crippen LogP contribution in [0.4, 0.5) is 11.6 Å². The zero-order valence-corrected chi connectivity index (χ0v) is 17.0. The van der Waals surface area contributed by atoms with Crippen LogP contribution < -0.4 is 15.6 Å². The molecule has 7 heteroatoms. The highest BCUT2D eigenvalue weighted by molar-refractivity contribution is 5.94. The zero-order chi connectivity index (χ0) is 21.3. The highest BCUT2D eigenvalue weighted by Crippen LogP contribution is 2.31. The summed E-state index contributed by atoms with van der Waals surface area (Å²) < 4.78 is 11.6. The second kappa shape index (κ2) is 8.20. The van der Waals surface area contributed by atoms with Gasteiger partial charge in [-0.25, -0.2) is 4.79 Å².